The number of para-hydroxylation sites is 1. The minimum absolute atomic E-state index is 0.626. The average molecular weight is 254 g/mol. The Balaban J connectivity index is 1.87. The first-order valence-electron chi connectivity index (χ1n) is 5.98. The zero-order chi connectivity index (χ0) is 12.4. The summed E-state index contributed by atoms with van der Waals surface area (Å²) in [4.78, 5) is 0. The first kappa shape index (κ1) is 11.3. The van der Waals surface area contributed by atoms with E-state index in [1.54, 1.807) is 11.3 Å². The van der Waals surface area contributed by atoms with E-state index in [1.165, 1.54) is 21.2 Å². The van der Waals surface area contributed by atoms with Crippen LogP contribution < -0.4 is 4.74 Å². The molecule has 2 heteroatoms. The van der Waals surface area contributed by atoms with Gasteiger partial charge in [0.05, 0.1) is 0 Å². The van der Waals surface area contributed by atoms with Crippen molar-refractivity contribution < 1.29 is 4.74 Å². The van der Waals surface area contributed by atoms with Crippen LogP contribution in [0.1, 0.15) is 11.1 Å². The van der Waals surface area contributed by atoms with Crippen LogP contribution in [0.5, 0.6) is 5.75 Å². The van der Waals surface area contributed by atoms with Crippen LogP contribution in [0.2, 0.25) is 0 Å². The van der Waals surface area contributed by atoms with Crippen LogP contribution in [0.3, 0.4) is 0 Å². The van der Waals surface area contributed by atoms with E-state index in [4.69, 9.17) is 4.74 Å². The van der Waals surface area contributed by atoms with Crippen LogP contribution >= 0.6 is 11.3 Å². The number of benzene rings is 2. The SMILES string of the molecule is Cc1csc2c(COc3ccccc3)cccc12. The molecule has 0 saturated carbocycles. The fourth-order valence-corrected chi connectivity index (χ4v) is 3.09. The van der Waals surface area contributed by atoms with Gasteiger partial charge in [-0.05, 0) is 35.4 Å². The molecule has 0 aliphatic rings. The maximum absolute atomic E-state index is 5.82. The Labute approximate surface area is 111 Å². The van der Waals surface area contributed by atoms with Crippen LogP contribution in [0.15, 0.2) is 53.9 Å². The third-order valence-electron chi connectivity index (χ3n) is 3.01. The van der Waals surface area contributed by atoms with Crippen LogP contribution in [0.4, 0.5) is 0 Å². The molecule has 0 atom stereocenters. The molecule has 0 spiro atoms. The summed E-state index contributed by atoms with van der Waals surface area (Å²) < 4.78 is 7.15. The zero-order valence-electron chi connectivity index (χ0n) is 10.2. The molecule has 3 aromatic rings. The summed E-state index contributed by atoms with van der Waals surface area (Å²) in [5.74, 6) is 0.919. The van der Waals surface area contributed by atoms with Gasteiger partial charge in [-0.25, -0.2) is 0 Å². The van der Waals surface area contributed by atoms with E-state index < -0.39 is 0 Å². The zero-order valence-corrected chi connectivity index (χ0v) is 11.0. The molecule has 1 heterocycles. The van der Waals surface area contributed by atoms with Gasteiger partial charge in [0.25, 0.3) is 0 Å². The normalized spacial score (nSPS) is 10.7. The molecule has 0 amide bonds. The van der Waals surface area contributed by atoms with Crippen LogP contribution in [-0.4, -0.2) is 0 Å². The maximum Gasteiger partial charge on any atom is 0.119 e. The molecule has 90 valence electrons. The van der Waals surface area contributed by atoms with E-state index in [0.717, 1.165) is 5.75 Å². The standard InChI is InChI=1S/C16H14OS/c1-12-11-18-16-13(6-5-9-15(12)16)10-17-14-7-3-2-4-8-14/h2-9,11H,10H2,1H3. The van der Waals surface area contributed by atoms with Gasteiger partial charge < -0.3 is 4.74 Å². The largest absolute Gasteiger partial charge is 0.489 e. The summed E-state index contributed by atoms with van der Waals surface area (Å²) in [6, 6.07) is 16.4. The van der Waals surface area contributed by atoms with Gasteiger partial charge in [0.15, 0.2) is 0 Å². The second-order valence-corrected chi connectivity index (χ2v) is 5.19. The molecule has 0 aliphatic carbocycles. The van der Waals surface area contributed by atoms with Gasteiger partial charge in [0.1, 0.15) is 12.4 Å². The fraction of sp³-hybridized carbons (Fsp3) is 0.125. The number of hydrogen-bond donors (Lipinski definition) is 0. The number of aryl methyl sites for hydroxylation is 1. The highest BCUT2D eigenvalue weighted by molar-refractivity contribution is 7.17. The van der Waals surface area contributed by atoms with E-state index in [0.29, 0.717) is 6.61 Å². The lowest BCUT2D eigenvalue weighted by atomic mass is 10.1. The minimum Gasteiger partial charge on any atom is -0.489 e. The van der Waals surface area contributed by atoms with Crippen LogP contribution in [-0.2, 0) is 6.61 Å². The lowest BCUT2D eigenvalue weighted by Crippen LogP contribution is -1.95. The Hall–Kier alpha value is -1.80. The van der Waals surface area contributed by atoms with Crippen LogP contribution in [0.25, 0.3) is 10.1 Å². The van der Waals surface area contributed by atoms with E-state index >= 15 is 0 Å². The molecule has 0 aliphatic heterocycles. The van der Waals surface area contributed by atoms with Gasteiger partial charge in [-0.15, -0.1) is 11.3 Å². The molecule has 18 heavy (non-hydrogen) atoms. The second-order valence-electron chi connectivity index (χ2n) is 4.31. The Kier molecular flexibility index (Phi) is 3.03. The molecular weight excluding hydrogens is 240 g/mol. The molecule has 0 saturated heterocycles. The number of hydrogen-bond acceptors (Lipinski definition) is 2. The second kappa shape index (κ2) is 4.83. The van der Waals surface area contributed by atoms with Gasteiger partial charge in [0.2, 0.25) is 0 Å². The van der Waals surface area contributed by atoms with E-state index in [2.05, 4.69) is 30.5 Å². The van der Waals surface area contributed by atoms with Gasteiger partial charge in [-0.1, -0.05) is 36.4 Å². The van der Waals surface area contributed by atoms with Crippen molar-refractivity contribution in [3.05, 3.63) is 65.0 Å². The van der Waals surface area contributed by atoms with Crippen molar-refractivity contribution >= 4 is 21.4 Å². The number of ether oxygens (including phenoxy) is 1. The van der Waals surface area contributed by atoms with Crippen molar-refractivity contribution in [1.29, 1.82) is 0 Å². The van der Waals surface area contributed by atoms with Crippen molar-refractivity contribution in [3.8, 4) is 5.75 Å². The van der Waals surface area contributed by atoms with Crippen molar-refractivity contribution in [2.75, 3.05) is 0 Å². The smallest absolute Gasteiger partial charge is 0.119 e. The highest BCUT2D eigenvalue weighted by Crippen LogP contribution is 2.29. The lowest BCUT2D eigenvalue weighted by Gasteiger charge is -2.07. The first-order valence-corrected chi connectivity index (χ1v) is 6.86. The predicted octanol–water partition coefficient (Wildman–Crippen LogP) is 4.79. The third-order valence-corrected chi connectivity index (χ3v) is 4.20. The Bertz CT molecular complexity index is 655. The molecule has 1 aromatic heterocycles. The van der Waals surface area contributed by atoms with Crippen molar-refractivity contribution in [2.24, 2.45) is 0 Å². The number of fused-ring (bicyclic) bond motifs is 1. The molecule has 0 N–H and O–H groups in total. The summed E-state index contributed by atoms with van der Waals surface area (Å²) in [6.45, 7) is 2.78. The summed E-state index contributed by atoms with van der Waals surface area (Å²) in [5.41, 5.74) is 2.60. The number of thiophene rings is 1. The molecule has 2 aromatic carbocycles. The molecule has 0 unspecified atom stereocenters. The van der Waals surface area contributed by atoms with E-state index in [9.17, 15) is 0 Å². The Morgan fingerprint density at radius 2 is 1.83 bits per heavy atom. The number of rotatable bonds is 3. The molecular formula is C16H14OS. The topological polar surface area (TPSA) is 9.23 Å². The van der Waals surface area contributed by atoms with Crippen molar-refractivity contribution in [1.82, 2.24) is 0 Å². The molecule has 0 fully saturated rings. The summed E-state index contributed by atoms with van der Waals surface area (Å²) in [5, 5.41) is 3.55. The van der Waals surface area contributed by atoms with E-state index in [1.807, 2.05) is 30.3 Å². The van der Waals surface area contributed by atoms with Crippen molar-refractivity contribution in [2.45, 2.75) is 13.5 Å². The monoisotopic (exact) mass is 254 g/mol. The fourth-order valence-electron chi connectivity index (χ4n) is 2.04. The first-order chi connectivity index (χ1) is 8.84. The molecule has 0 radical (unpaired) electrons. The summed E-state index contributed by atoms with van der Waals surface area (Å²) in [6.07, 6.45) is 0. The van der Waals surface area contributed by atoms with Crippen LogP contribution in [0, 0.1) is 6.92 Å². The predicted molar refractivity (Wildman–Crippen MR) is 77.3 cm³/mol. The lowest BCUT2D eigenvalue weighted by molar-refractivity contribution is 0.308. The summed E-state index contributed by atoms with van der Waals surface area (Å²) in [7, 11) is 0. The van der Waals surface area contributed by atoms with Gasteiger partial charge in [-0.3, -0.25) is 0 Å². The molecule has 1 nitrogen and oxygen atoms in total. The Morgan fingerprint density at radius 1 is 1.00 bits per heavy atom. The van der Waals surface area contributed by atoms with Crippen molar-refractivity contribution in [3.63, 3.8) is 0 Å². The highest BCUT2D eigenvalue weighted by Gasteiger charge is 2.05. The Morgan fingerprint density at radius 3 is 2.67 bits per heavy atom. The third kappa shape index (κ3) is 2.12. The molecule has 3 rings (SSSR count). The highest BCUT2D eigenvalue weighted by atomic mass is 32.1. The van der Waals surface area contributed by atoms with Gasteiger partial charge >= 0.3 is 0 Å². The van der Waals surface area contributed by atoms with Gasteiger partial charge in [-0.2, -0.15) is 0 Å². The average Bonchev–Trinajstić information content (AvgIpc) is 2.80. The van der Waals surface area contributed by atoms with E-state index in [-0.39, 0.29) is 0 Å². The van der Waals surface area contributed by atoms with Gasteiger partial charge in [0, 0.05) is 10.3 Å². The molecule has 0 bridgehead atoms. The minimum atomic E-state index is 0.626. The quantitative estimate of drug-likeness (QED) is 0.653. The summed E-state index contributed by atoms with van der Waals surface area (Å²) >= 11 is 1.80. The maximum atomic E-state index is 5.82.